The first-order valence-electron chi connectivity index (χ1n) is 8.67. The van der Waals surface area contributed by atoms with E-state index < -0.39 is 9.84 Å². The lowest BCUT2D eigenvalue weighted by Crippen LogP contribution is -2.20. The minimum absolute atomic E-state index is 0.141. The molecule has 5 nitrogen and oxygen atoms in total. The summed E-state index contributed by atoms with van der Waals surface area (Å²) < 4.78 is 26.6. The SMILES string of the molecule is O=S(=O)(CCCNCc1nccn1Cc1ccccc1)c1ccccc1. The number of sulfone groups is 1. The topological polar surface area (TPSA) is 64.0 Å². The lowest BCUT2D eigenvalue weighted by molar-refractivity contribution is 0.583. The Kier molecular flexibility index (Phi) is 6.20. The van der Waals surface area contributed by atoms with Crippen molar-refractivity contribution >= 4 is 9.84 Å². The summed E-state index contributed by atoms with van der Waals surface area (Å²) in [5, 5.41) is 3.29. The van der Waals surface area contributed by atoms with Crippen LogP contribution in [0.5, 0.6) is 0 Å². The van der Waals surface area contributed by atoms with Gasteiger partial charge in [0.25, 0.3) is 0 Å². The molecule has 0 aliphatic heterocycles. The molecule has 0 unspecified atom stereocenters. The zero-order valence-electron chi connectivity index (χ0n) is 14.6. The molecule has 0 bridgehead atoms. The van der Waals surface area contributed by atoms with Gasteiger partial charge in [0.2, 0.25) is 0 Å². The van der Waals surface area contributed by atoms with Gasteiger partial charge in [0, 0.05) is 18.9 Å². The molecule has 0 spiro atoms. The van der Waals surface area contributed by atoms with E-state index in [9.17, 15) is 8.42 Å². The lowest BCUT2D eigenvalue weighted by Gasteiger charge is -2.09. The molecular weight excluding hydrogens is 346 g/mol. The van der Waals surface area contributed by atoms with Crippen LogP contribution in [0.2, 0.25) is 0 Å². The Bertz CT molecular complexity index is 906. The van der Waals surface area contributed by atoms with Crippen molar-refractivity contribution in [3.8, 4) is 0 Å². The smallest absolute Gasteiger partial charge is 0.178 e. The third-order valence-corrected chi connectivity index (χ3v) is 5.97. The van der Waals surface area contributed by atoms with E-state index in [1.54, 1.807) is 30.5 Å². The van der Waals surface area contributed by atoms with Gasteiger partial charge < -0.3 is 9.88 Å². The summed E-state index contributed by atoms with van der Waals surface area (Å²) in [7, 11) is -3.20. The van der Waals surface area contributed by atoms with Crippen molar-refractivity contribution in [3.05, 3.63) is 84.4 Å². The third kappa shape index (κ3) is 5.03. The van der Waals surface area contributed by atoms with E-state index in [2.05, 4.69) is 27.0 Å². The van der Waals surface area contributed by atoms with Crippen molar-refractivity contribution < 1.29 is 8.42 Å². The van der Waals surface area contributed by atoms with E-state index in [1.807, 2.05) is 30.5 Å². The molecule has 0 amide bonds. The van der Waals surface area contributed by atoms with Crippen LogP contribution in [0, 0.1) is 0 Å². The molecule has 0 aliphatic carbocycles. The first-order valence-corrected chi connectivity index (χ1v) is 10.3. The number of nitrogens with one attached hydrogen (secondary N) is 1. The van der Waals surface area contributed by atoms with Gasteiger partial charge in [-0.3, -0.25) is 0 Å². The number of rotatable bonds is 9. The molecule has 0 saturated carbocycles. The molecule has 0 aliphatic rings. The van der Waals surface area contributed by atoms with Crippen molar-refractivity contribution in [3.63, 3.8) is 0 Å². The fourth-order valence-corrected chi connectivity index (χ4v) is 4.10. The molecule has 136 valence electrons. The van der Waals surface area contributed by atoms with Gasteiger partial charge in [-0.1, -0.05) is 48.5 Å². The minimum atomic E-state index is -3.20. The van der Waals surface area contributed by atoms with E-state index in [0.717, 1.165) is 12.4 Å². The fourth-order valence-electron chi connectivity index (χ4n) is 2.76. The number of imidazole rings is 1. The number of aromatic nitrogens is 2. The van der Waals surface area contributed by atoms with Crippen molar-refractivity contribution in [2.45, 2.75) is 24.4 Å². The van der Waals surface area contributed by atoms with Crippen molar-refractivity contribution in [2.75, 3.05) is 12.3 Å². The highest BCUT2D eigenvalue weighted by atomic mass is 32.2. The standard InChI is InChI=1S/C20H23N3O2S/c24-26(25,19-10-5-2-6-11-19)15-7-12-21-16-20-22-13-14-23(20)17-18-8-3-1-4-9-18/h1-6,8-11,13-14,21H,7,12,15-17H2. The summed E-state index contributed by atoms with van der Waals surface area (Å²) in [6.45, 7) is 2.02. The molecule has 26 heavy (non-hydrogen) atoms. The van der Waals surface area contributed by atoms with Gasteiger partial charge in [-0.05, 0) is 30.7 Å². The Morgan fingerprint density at radius 3 is 2.38 bits per heavy atom. The maximum atomic E-state index is 12.2. The summed E-state index contributed by atoms with van der Waals surface area (Å²) in [6, 6.07) is 18.8. The minimum Gasteiger partial charge on any atom is -0.329 e. The molecule has 3 rings (SSSR count). The summed E-state index contributed by atoms with van der Waals surface area (Å²) >= 11 is 0. The largest absolute Gasteiger partial charge is 0.329 e. The molecule has 0 saturated heterocycles. The molecule has 0 atom stereocenters. The summed E-state index contributed by atoms with van der Waals surface area (Å²) in [5.74, 6) is 1.09. The van der Waals surface area contributed by atoms with E-state index in [0.29, 0.717) is 24.4 Å². The van der Waals surface area contributed by atoms with Crippen LogP contribution in [0.25, 0.3) is 0 Å². The predicted octanol–water partition coefficient (Wildman–Crippen LogP) is 2.89. The van der Waals surface area contributed by atoms with Gasteiger partial charge in [0.15, 0.2) is 9.84 Å². The molecular formula is C20H23N3O2S. The lowest BCUT2D eigenvalue weighted by atomic mass is 10.2. The van der Waals surface area contributed by atoms with Gasteiger partial charge in [0.05, 0.1) is 17.2 Å². The summed E-state index contributed by atoms with van der Waals surface area (Å²) in [4.78, 5) is 4.78. The number of nitrogens with zero attached hydrogens (tertiary/aromatic N) is 2. The van der Waals surface area contributed by atoms with Crippen LogP contribution in [0.1, 0.15) is 17.8 Å². The first kappa shape index (κ1) is 18.4. The maximum Gasteiger partial charge on any atom is 0.178 e. The molecule has 1 N–H and O–H groups in total. The second-order valence-electron chi connectivity index (χ2n) is 6.12. The Morgan fingerprint density at radius 2 is 1.65 bits per heavy atom. The average molecular weight is 369 g/mol. The van der Waals surface area contributed by atoms with Gasteiger partial charge in [0.1, 0.15) is 5.82 Å². The van der Waals surface area contributed by atoms with E-state index in [-0.39, 0.29) is 5.75 Å². The van der Waals surface area contributed by atoms with Crippen LogP contribution >= 0.6 is 0 Å². The molecule has 6 heteroatoms. The zero-order valence-corrected chi connectivity index (χ0v) is 15.4. The van der Waals surface area contributed by atoms with Gasteiger partial charge in [-0.2, -0.15) is 0 Å². The van der Waals surface area contributed by atoms with Crippen LogP contribution in [-0.2, 0) is 22.9 Å². The van der Waals surface area contributed by atoms with Crippen molar-refractivity contribution in [1.29, 1.82) is 0 Å². The summed E-state index contributed by atoms with van der Waals surface area (Å²) in [6.07, 6.45) is 4.32. The normalized spacial score (nSPS) is 11.5. The Balaban J connectivity index is 1.45. The fraction of sp³-hybridized carbons (Fsp3) is 0.250. The first-order chi connectivity index (χ1) is 12.6. The summed E-state index contributed by atoms with van der Waals surface area (Å²) in [5.41, 5.74) is 1.22. The van der Waals surface area contributed by atoms with Crippen molar-refractivity contribution in [1.82, 2.24) is 14.9 Å². The molecule has 3 aromatic rings. The Morgan fingerprint density at radius 1 is 0.962 bits per heavy atom. The maximum absolute atomic E-state index is 12.2. The van der Waals surface area contributed by atoms with Crippen LogP contribution in [0.3, 0.4) is 0 Å². The quantitative estimate of drug-likeness (QED) is 0.589. The number of hydrogen-bond donors (Lipinski definition) is 1. The number of benzene rings is 2. The molecule has 0 fully saturated rings. The van der Waals surface area contributed by atoms with Crippen molar-refractivity contribution in [2.24, 2.45) is 0 Å². The third-order valence-electron chi connectivity index (χ3n) is 4.15. The Hall–Kier alpha value is -2.44. The van der Waals surface area contributed by atoms with E-state index in [4.69, 9.17) is 0 Å². The molecule has 0 radical (unpaired) electrons. The molecule has 1 heterocycles. The van der Waals surface area contributed by atoms with Crippen LogP contribution < -0.4 is 5.32 Å². The highest BCUT2D eigenvalue weighted by Crippen LogP contribution is 2.11. The Labute approximate surface area is 154 Å². The van der Waals surface area contributed by atoms with Gasteiger partial charge in [-0.25, -0.2) is 13.4 Å². The number of hydrogen-bond acceptors (Lipinski definition) is 4. The zero-order chi connectivity index (χ0) is 18.2. The highest BCUT2D eigenvalue weighted by molar-refractivity contribution is 7.91. The van der Waals surface area contributed by atoms with Gasteiger partial charge in [-0.15, -0.1) is 0 Å². The second kappa shape index (κ2) is 8.78. The monoisotopic (exact) mass is 369 g/mol. The molecule has 2 aromatic carbocycles. The van der Waals surface area contributed by atoms with Crippen LogP contribution in [0.4, 0.5) is 0 Å². The van der Waals surface area contributed by atoms with Gasteiger partial charge >= 0.3 is 0 Å². The van der Waals surface area contributed by atoms with Crippen LogP contribution in [-0.4, -0.2) is 30.3 Å². The average Bonchev–Trinajstić information content (AvgIpc) is 3.10. The van der Waals surface area contributed by atoms with E-state index >= 15 is 0 Å². The second-order valence-corrected chi connectivity index (χ2v) is 8.23. The molecule has 1 aromatic heterocycles. The van der Waals surface area contributed by atoms with E-state index in [1.165, 1.54) is 5.56 Å². The van der Waals surface area contributed by atoms with Crippen LogP contribution in [0.15, 0.2) is 78.0 Å². The predicted molar refractivity (Wildman–Crippen MR) is 103 cm³/mol. The highest BCUT2D eigenvalue weighted by Gasteiger charge is 2.13.